The molecule has 9 rings (SSSR count). The SMILES string of the molecule is c1ccc(-c2cc(-c3ccccc3)nc(-c3ccc(-c4cccc5c4Sc4ccccc4C5(c4ccccc4)c4ccccc4)cc3)n2)cc1. The van der Waals surface area contributed by atoms with E-state index in [0.29, 0.717) is 5.82 Å². The zero-order valence-corrected chi connectivity index (χ0v) is 28.1. The molecule has 2 heterocycles. The smallest absolute Gasteiger partial charge is 0.160 e. The fraction of sp³-hybridized carbons (Fsp3) is 0.0213. The summed E-state index contributed by atoms with van der Waals surface area (Å²) in [5.41, 5.74) is 12.0. The van der Waals surface area contributed by atoms with E-state index < -0.39 is 5.41 Å². The van der Waals surface area contributed by atoms with Gasteiger partial charge in [-0.25, -0.2) is 9.97 Å². The van der Waals surface area contributed by atoms with E-state index in [0.717, 1.165) is 33.6 Å². The lowest BCUT2D eigenvalue weighted by molar-refractivity contribution is 0.703. The van der Waals surface area contributed by atoms with E-state index >= 15 is 0 Å². The van der Waals surface area contributed by atoms with E-state index in [-0.39, 0.29) is 0 Å². The van der Waals surface area contributed by atoms with Crippen molar-refractivity contribution in [2.45, 2.75) is 15.2 Å². The van der Waals surface area contributed by atoms with E-state index in [4.69, 9.17) is 9.97 Å². The van der Waals surface area contributed by atoms with Crippen LogP contribution in [0.15, 0.2) is 204 Å². The predicted octanol–water partition coefficient (Wildman–Crippen LogP) is 12.0. The Hall–Kier alpha value is -6.03. The molecule has 50 heavy (non-hydrogen) atoms. The van der Waals surface area contributed by atoms with Gasteiger partial charge in [0.2, 0.25) is 0 Å². The maximum absolute atomic E-state index is 5.07. The molecule has 7 aromatic carbocycles. The molecule has 0 amide bonds. The van der Waals surface area contributed by atoms with Crippen LogP contribution in [-0.4, -0.2) is 9.97 Å². The van der Waals surface area contributed by atoms with Gasteiger partial charge in [-0.15, -0.1) is 0 Å². The van der Waals surface area contributed by atoms with E-state index in [1.165, 1.54) is 37.6 Å². The van der Waals surface area contributed by atoms with Crippen LogP contribution >= 0.6 is 11.8 Å². The van der Waals surface area contributed by atoms with Crippen LogP contribution < -0.4 is 0 Å². The van der Waals surface area contributed by atoms with Gasteiger partial charge in [-0.3, -0.25) is 0 Å². The molecular weight excluding hydrogens is 625 g/mol. The van der Waals surface area contributed by atoms with Crippen LogP contribution in [0, 0.1) is 0 Å². The van der Waals surface area contributed by atoms with Crippen LogP contribution in [0.2, 0.25) is 0 Å². The summed E-state index contributed by atoms with van der Waals surface area (Å²) in [6.45, 7) is 0. The number of fused-ring (bicyclic) bond motifs is 2. The maximum atomic E-state index is 5.07. The summed E-state index contributed by atoms with van der Waals surface area (Å²) in [5, 5.41) is 0. The first-order chi connectivity index (χ1) is 24.8. The van der Waals surface area contributed by atoms with Gasteiger partial charge in [-0.2, -0.15) is 0 Å². The van der Waals surface area contributed by atoms with Gasteiger partial charge in [-0.1, -0.05) is 194 Å². The number of hydrogen-bond donors (Lipinski definition) is 0. The molecular formula is C47H32N2S. The average Bonchev–Trinajstić information content (AvgIpc) is 3.21. The van der Waals surface area contributed by atoms with Crippen molar-refractivity contribution in [2.75, 3.05) is 0 Å². The minimum absolute atomic E-state index is 0.463. The molecule has 0 saturated carbocycles. The zero-order chi connectivity index (χ0) is 33.3. The summed E-state index contributed by atoms with van der Waals surface area (Å²) in [5.74, 6) is 0.710. The summed E-state index contributed by atoms with van der Waals surface area (Å²) in [4.78, 5) is 12.7. The Kier molecular flexibility index (Phi) is 7.68. The molecule has 0 unspecified atom stereocenters. The Morgan fingerprint density at radius 3 is 1.44 bits per heavy atom. The lowest BCUT2D eigenvalue weighted by Gasteiger charge is -2.42. The van der Waals surface area contributed by atoms with Crippen LogP contribution in [0.1, 0.15) is 22.3 Å². The molecule has 1 aliphatic rings. The average molecular weight is 657 g/mol. The van der Waals surface area contributed by atoms with Gasteiger partial charge < -0.3 is 0 Å². The molecule has 3 heteroatoms. The zero-order valence-electron chi connectivity index (χ0n) is 27.3. The van der Waals surface area contributed by atoms with Gasteiger partial charge in [0.1, 0.15) is 0 Å². The Bertz CT molecular complexity index is 2330. The van der Waals surface area contributed by atoms with Gasteiger partial charge in [0.05, 0.1) is 16.8 Å². The molecule has 236 valence electrons. The van der Waals surface area contributed by atoms with E-state index in [2.05, 4.69) is 182 Å². The molecule has 1 aromatic heterocycles. The molecule has 1 aliphatic heterocycles. The van der Waals surface area contributed by atoms with Crippen molar-refractivity contribution in [3.63, 3.8) is 0 Å². The number of rotatable bonds is 6. The van der Waals surface area contributed by atoms with Gasteiger partial charge in [0.15, 0.2) is 5.82 Å². The van der Waals surface area contributed by atoms with Gasteiger partial charge >= 0.3 is 0 Å². The first-order valence-corrected chi connectivity index (χ1v) is 17.7. The molecule has 0 spiro atoms. The second-order valence-corrected chi connectivity index (χ2v) is 13.6. The monoisotopic (exact) mass is 656 g/mol. The largest absolute Gasteiger partial charge is 0.228 e. The molecule has 0 saturated heterocycles. The Morgan fingerprint density at radius 2 is 0.860 bits per heavy atom. The summed E-state index contributed by atoms with van der Waals surface area (Å²) in [7, 11) is 0. The predicted molar refractivity (Wildman–Crippen MR) is 206 cm³/mol. The van der Waals surface area contributed by atoms with Crippen molar-refractivity contribution >= 4 is 11.8 Å². The molecule has 0 atom stereocenters. The Morgan fingerprint density at radius 1 is 0.380 bits per heavy atom. The first-order valence-electron chi connectivity index (χ1n) is 16.9. The number of nitrogens with zero attached hydrogens (tertiary/aromatic N) is 2. The van der Waals surface area contributed by atoms with Crippen LogP contribution in [0.4, 0.5) is 0 Å². The fourth-order valence-corrected chi connectivity index (χ4v) is 8.67. The summed E-state index contributed by atoms with van der Waals surface area (Å²) in [6, 6.07) is 69.2. The van der Waals surface area contributed by atoms with E-state index in [9.17, 15) is 0 Å². The quantitative estimate of drug-likeness (QED) is 0.178. The highest BCUT2D eigenvalue weighted by molar-refractivity contribution is 7.99. The van der Waals surface area contributed by atoms with Crippen LogP contribution in [-0.2, 0) is 5.41 Å². The highest BCUT2D eigenvalue weighted by atomic mass is 32.2. The highest BCUT2D eigenvalue weighted by Crippen LogP contribution is 2.57. The lowest BCUT2D eigenvalue weighted by atomic mass is 9.64. The third-order valence-corrected chi connectivity index (χ3v) is 10.9. The first kappa shape index (κ1) is 30.1. The lowest BCUT2D eigenvalue weighted by Crippen LogP contribution is -2.34. The molecule has 8 aromatic rings. The van der Waals surface area contributed by atoms with Crippen molar-refractivity contribution < 1.29 is 0 Å². The third-order valence-electron chi connectivity index (χ3n) is 9.66. The second kappa shape index (κ2) is 12.8. The highest BCUT2D eigenvalue weighted by Gasteiger charge is 2.44. The summed E-state index contributed by atoms with van der Waals surface area (Å²) in [6.07, 6.45) is 0. The van der Waals surface area contributed by atoms with Gasteiger partial charge in [0.25, 0.3) is 0 Å². The van der Waals surface area contributed by atoms with Crippen molar-refractivity contribution in [1.29, 1.82) is 0 Å². The molecule has 0 bridgehead atoms. The molecule has 0 N–H and O–H groups in total. The van der Waals surface area contributed by atoms with Crippen LogP contribution in [0.3, 0.4) is 0 Å². The van der Waals surface area contributed by atoms with Crippen molar-refractivity contribution in [2.24, 2.45) is 0 Å². The van der Waals surface area contributed by atoms with Crippen molar-refractivity contribution in [3.05, 3.63) is 216 Å². The fourth-order valence-electron chi connectivity index (χ4n) is 7.34. The minimum Gasteiger partial charge on any atom is -0.228 e. The minimum atomic E-state index is -0.463. The Balaban J connectivity index is 1.19. The molecule has 0 fully saturated rings. The Labute approximate surface area is 297 Å². The standard InChI is InChI=1S/C47H32N2S/c1-5-16-34(17-6-1)42-32-43(35-18-7-2-8-19-35)49-46(48-42)36-30-28-33(29-31-36)39-24-15-26-41-45(39)50-44-27-14-13-25-40(44)47(41,37-20-9-3-10-21-37)38-22-11-4-12-23-38/h1-32H. The maximum Gasteiger partial charge on any atom is 0.160 e. The molecule has 0 radical (unpaired) electrons. The number of benzene rings is 7. The normalized spacial score (nSPS) is 12.9. The number of aromatic nitrogens is 2. The van der Waals surface area contributed by atoms with Gasteiger partial charge in [0, 0.05) is 26.5 Å². The van der Waals surface area contributed by atoms with E-state index in [1.807, 2.05) is 23.9 Å². The van der Waals surface area contributed by atoms with Crippen molar-refractivity contribution in [1.82, 2.24) is 9.97 Å². The van der Waals surface area contributed by atoms with Gasteiger partial charge in [-0.05, 0) is 45.5 Å². The van der Waals surface area contributed by atoms with E-state index in [1.54, 1.807) is 0 Å². The summed E-state index contributed by atoms with van der Waals surface area (Å²) < 4.78 is 0. The third kappa shape index (κ3) is 5.15. The number of hydrogen-bond acceptors (Lipinski definition) is 3. The molecule has 0 aliphatic carbocycles. The van der Waals surface area contributed by atoms with Crippen LogP contribution in [0.25, 0.3) is 45.0 Å². The van der Waals surface area contributed by atoms with Crippen LogP contribution in [0.5, 0.6) is 0 Å². The van der Waals surface area contributed by atoms with Crippen molar-refractivity contribution in [3.8, 4) is 45.0 Å². The summed E-state index contributed by atoms with van der Waals surface area (Å²) >= 11 is 1.87. The molecule has 2 nitrogen and oxygen atoms in total. The second-order valence-electron chi connectivity index (χ2n) is 12.5. The topological polar surface area (TPSA) is 25.8 Å².